The van der Waals surface area contributed by atoms with Gasteiger partial charge in [0.25, 0.3) is 0 Å². The average molecular weight is 440 g/mol. The first kappa shape index (κ1) is 20.1. The summed E-state index contributed by atoms with van der Waals surface area (Å²) in [6, 6.07) is 6.01. The highest BCUT2D eigenvalue weighted by Gasteiger charge is 2.44. The molecular formula is C17H19ClN5O5P. The lowest BCUT2D eigenvalue weighted by Crippen LogP contribution is -2.43. The number of benzene rings is 1. The molecule has 0 aliphatic heterocycles. The fraction of sp³-hybridized carbons (Fsp3) is 0.353. The standard InChI is InChI=1S/C17H19ClN5O5P/c18-11-2-1-3-12(5-11)28-29(25,26)27-7-13-10(6-24)4-14(13)23-9-22-15-16(19)20-8-21-17(15)23/h1-3,5,8-10,13-14,24H,4,6-7H2,(H,25,26)(H2,19,20,21)/t10-,13+,14-/m1/s1. The van der Waals surface area contributed by atoms with Crippen LogP contribution in [0.1, 0.15) is 12.5 Å². The van der Waals surface area contributed by atoms with Crippen LogP contribution >= 0.6 is 19.4 Å². The van der Waals surface area contributed by atoms with Crippen molar-refractivity contribution in [3.8, 4) is 5.75 Å². The van der Waals surface area contributed by atoms with Gasteiger partial charge in [0.05, 0.1) is 12.9 Å². The molecule has 10 nitrogen and oxygen atoms in total. The molecule has 1 aliphatic rings. The minimum absolute atomic E-state index is 0.0703. The lowest BCUT2D eigenvalue weighted by Gasteiger charge is -2.44. The summed E-state index contributed by atoms with van der Waals surface area (Å²) < 4.78 is 24.4. The monoisotopic (exact) mass is 439 g/mol. The molecule has 4 atom stereocenters. The predicted octanol–water partition coefficient (Wildman–Crippen LogP) is 2.43. The number of hydrogen-bond donors (Lipinski definition) is 3. The first-order valence-corrected chi connectivity index (χ1v) is 10.7. The number of phosphoric acid groups is 1. The lowest BCUT2D eigenvalue weighted by molar-refractivity contribution is -0.00476. The first-order chi connectivity index (χ1) is 13.9. The zero-order chi connectivity index (χ0) is 20.6. The van der Waals surface area contributed by atoms with Gasteiger partial charge in [-0.1, -0.05) is 17.7 Å². The zero-order valence-corrected chi connectivity index (χ0v) is 16.8. The topological polar surface area (TPSA) is 146 Å². The van der Waals surface area contributed by atoms with Crippen LogP contribution in [0, 0.1) is 11.8 Å². The molecule has 4 rings (SSSR count). The number of nitrogens with two attached hydrogens (primary N) is 1. The Kier molecular flexibility index (Phi) is 5.46. The normalized spacial score (nSPS) is 23.5. The lowest BCUT2D eigenvalue weighted by atomic mass is 9.70. The van der Waals surface area contributed by atoms with Gasteiger partial charge in [0, 0.05) is 23.6 Å². The Bertz CT molecular complexity index is 1080. The molecule has 0 bridgehead atoms. The zero-order valence-electron chi connectivity index (χ0n) is 15.1. The molecular weight excluding hydrogens is 421 g/mol. The molecule has 0 spiro atoms. The number of nitrogen functional groups attached to an aromatic ring is 1. The number of halogens is 1. The van der Waals surface area contributed by atoms with E-state index in [0.717, 1.165) is 0 Å². The van der Waals surface area contributed by atoms with Crippen LogP contribution in [-0.4, -0.2) is 42.7 Å². The number of nitrogens with zero attached hydrogens (tertiary/aromatic N) is 4. The minimum atomic E-state index is -4.37. The van der Waals surface area contributed by atoms with Gasteiger partial charge < -0.3 is 19.9 Å². The summed E-state index contributed by atoms with van der Waals surface area (Å²) in [6.45, 7) is -0.163. The Morgan fingerprint density at radius 2 is 2.17 bits per heavy atom. The molecule has 12 heteroatoms. The molecule has 0 radical (unpaired) electrons. The van der Waals surface area contributed by atoms with E-state index >= 15 is 0 Å². The van der Waals surface area contributed by atoms with Crippen LogP contribution < -0.4 is 10.3 Å². The first-order valence-electron chi connectivity index (χ1n) is 8.84. The minimum Gasteiger partial charge on any atom is -0.404 e. The maximum absolute atomic E-state index is 12.3. The summed E-state index contributed by atoms with van der Waals surface area (Å²) in [6.07, 6.45) is 3.59. The van der Waals surface area contributed by atoms with Crippen LogP contribution in [0.2, 0.25) is 5.02 Å². The van der Waals surface area contributed by atoms with Crippen LogP contribution in [0.4, 0.5) is 5.82 Å². The molecule has 4 N–H and O–H groups in total. The van der Waals surface area contributed by atoms with Gasteiger partial charge >= 0.3 is 7.82 Å². The number of imidazole rings is 1. The van der Waals surface area contributed by atoms with Gasteiger partial charge in [-0.3, -0.25) is 9.42 Å². The van der Waals surface area contributed by atoms with Crippen molar-refractivity contribution in [2.45, 2.75) is 12.5 Å². The summed E-state index contributed by atoms with van der Waals surface area (Å²) in [4.78, 5) is 22.5. The number of phosphoric ester groups is 1. The van der Waals surface area contributed by atoms with E-state index in [2.05, 4.69) is 15.0 Å². The van der Waals surface area contributed by atoms with Crippen molar-refractivity contribution in [2.24, 2.45) is 11.8 Å². The van der Waals surface area contributed by atoms with Gasteiger partial charge in [0.2, 0.25) is 0 Å². The van der Waals surface area contributed by atoms with Crippen molar-refractivity contribution < 1.29 is 23.6 Å². The van der Waals surface area contributed by atoms with Crippen molar-refractivity contribution in [1.82, 2.24) is 19.5 Å². The summed E-state index contributed by atoms with van der Waals surface area (Å²) in [7, 11) is -4.37. The third kappa shape index (κ3) is 4.08. The van der Waals surface area contributed by atoms with E-state index in [9.17, 15) is 14.6 Å². The number of fused-ring (bicyclic) bond motifs is 1. The maximum atomic E-state index is 12.3. The van der Waals surface area contributed by atoms with Gasteiger partial charge in [-0.25, -0.2) is 19.5 Å². The summed E-state index contributed by atoms with van der Waals surface area (Å²) in [5.41, 5.74) is 6.87. The Morgan fingerprint density at radius 3 is 2.93 bits per heavy atom. The molecule has 1 fully saturated rings. The van der Waals surface area contributed by atoms with E-state index in [-0.39, 0.29) is 42.7 Å². The summed E-state index contributed by atoms with van der Waals surface area (Å²) in [5.74, 6) is 0.0640. The highest BCUT2D eigenvalue weighted by Crippen LogP contribution is 2.50. The number of hydrogen-bond acceptors (Lipinski definition) is 8. The molecule has 0 amide bonds. The molecule has 1 aromatic carbocycles. The van der Waals surface area contributed by atoms with E-state index in [4.69, 9.17) is 26.4 Å². The van der Waals surface area contributed by atoms with E-state index < -0.39 is 7.82 Å². The third-order valence-electron chi connectivity index (χ3n) is 5.07. The van der Waals surface area contributed by atoms with Gasteiger partial charge in [-0.05, 0) is 30.5 Å². The van der Waals surface area contributed by atoms with Crippen LogP contribution in [0.15, 0.2) is 36.9 Å². The molecule has 0 saturated heterocycles. The molecule has 2 aromatic heterocycles. The Hall–Kier alpha value is -2.23. The van der Waals surface area contributed by atoms with Crippen LogP contribution in [0.25, 0.3) is 11.2 Å². The highest BCUT2D eigenvalue weighted by molar-refractivity contribution is 7.47. The van der Waals surface area contributed by atoms with Crippen molar-refractivity contribution >= 4 is 36.4 Å². The van der Waals surface area contributed by atoms with E-state index in [1.807, 2.05) is 4.57 Å². The van der Waals surface area contributed by atoms with Crippen LogP contribution in [0.3, 0.4) is 0 Å². The maximum Gasteiger partial charge on any atom is 0.527 e. The molecule has 2 heterocycles. The number of aromatic nitrogens is 4. The predicted molar refractivity (Wildman–Crippen MR) is 105 cm³/mol. The number of anilines is 1. The molecule has 1 saturated carbocycles. The van der Waals surface area contributed by atoms with Crippen molar-refractivity contribution in [2.75, 3.05) is 18.9 Å². The van der Waals surface area contributed by atoms with Crippen molar-refractivity contribution in [3.63, 3.8) is 0 Å². The highest BCUT2D eigenvalue weighted by atomic mass is 35.5. The molecule has 154 valence electrons. The third-order valence-corrected chi connectivity index (χ3v) is 6.22. The van der Waals surface area contributed by atoms with Crippen molar-refractivity contribution in [3.05, 3.63) is 41.9 Å². The van der Waals surface area contributed by atoms with Crippen molar-refractivity contribution in [1.29, 1.82) is 0 Å². The quantitative estimate of drug-likeness (QED) is 0.472. The number of aliphatic hydroxyl groups is 1. The second-order valence-corrected chi connectivity index (χ2v) is 8.62. The summed E-state index contributed by atoms with van der Waals surface area (Å²) >= 11 is 5.86. The van der Waals surface area contributed by atoms with Crippen LogP contribution in [0.5, 0.6) is 5.75 Å². The molecule has 1 aliphatic carbocycles. The van der Waals surface area contributed by atoms with Gasteiger partial charge in [0.15, 0.2) is 11.5 Å². The Morgan fingerprint density at radius 1 is 1.34 bits per heavy atom. The van der Waals surface area contributed by atoms with Gasteiger partial charge in [0.1, 0.15) is 17.6 Å². The van der Waals surface area contributed by atoms with E-state index in [1.165, 1.54) is 18.5 Å². The second-order valence-electron chi connectivity index (χ2n) is 6.81. The summed E-state index contributed by atoms with van der Waals surface area (Å²) in [5, 5.41) is 9.99. The second kappa shape index (κ2) is 7.89. The molecule has 29 heavy (non-hydrogen) atoms. The average Bonchev–Trinajstić information content (AvgIpc) is 3.06. The number of aliphatic hydroxyl groups excluding tert-OH is 1. The number of rotatable bonds is 7. The fourth-order valence-corrected chi connectivity index (χ4v) is 4.50. The van der Waals surface area contributed by atoms with Gasteiger partial charge in [-0.2, -0.15) is 0 Å². The van der Waals surface area contributed by atoms with Gasteiger partial charge in [-0.15, -0.1) is 0 Å². The smallest absolute Gasteiger partial charge is 0.404 e. The Labute approximate surface area is 170 Å². The largest absolute Gasteiger partial charge is 0.527 e. The fourth-order valence-electron chi connectivity index (χ4n) is 3.53. The van der Waals surface area contributed by atoms with Crippen LogP contribution in [-0.2, 0) is 9.09 Å². The molecule has 1 unspecified atom stereocenters. The SMILES string of the molecule is Nc1ncnc2c1ncn2[C@@H]1C[C@H](CO)[C@@H]1COP(=O)(O)Oc1cccc(Cl)c1. The van der Waals surface area contributed by atoms with E-state index in [0.29, 0.717) is 22.6 Å². The van der Waals surface area contributed by atoms with E-state index in [1.54, 1.807) is 18.5 Å². The Balaban J connectivity index is 1.48. The molecule has 3 aromatic rings.